The van der Waals surface area contributed by atoms with Crippen LogP contribution in [0.1, 0.15) is 41.6 Å². The quantitative estimate of drug-likeness (QED) is 0.245. The summed E-state index contributed by atoms with van der Waals surface area (Å²) in [5, 5.41) is 30.0. The van der Waals surface area contributed by atoms with E-state index in [-0.39, 0.29) is 19.0 Å². The van der Waals surface area contributed by atoms with Gasteiger partial charge in [0.25, 0.3) is 5.91 Å². The lowest BCUT2D eigenvalue weighted by Gasteiger charge is -2.26. The van der Waals surface area contributed by atoms with Gasteiger partial charge in [-0.2, -0.15) is 0 Å². The van der Waals surface area contributed by atoms with Gasteiger partial charge in [-0.25, -0.2) is 4.79 Å². The molecule has 10 nitrogen and oxygen atoms in total. The first-order chi connectivity index (χ1) is 15.2. The van der Waals surface area contributed by atoms with E-state index in [1.165, 1.54) is 0 Å². The topological polar surface area (TPSA) is 166 Å². The van der Waals surface area contributed by atoms with Crippen molar-refractivity contribution in [1.82, 2.24) is 21.3 Å². The summed E-state index contributed by atoms with van der Waals surface area (Å²) < 4.78 is 0. The van der Waals surface area contributed by atoms with Crippen LogP contribution in [0.2, 0.25) is 0 Å². The Morgan fingerprint density at radius 1 is 1.16 bits per heavy atom. The molecule has 1 aromatic carbocycles. The number of nitrogens with two attached hydrogens (primary N) is 1. The highest BCUT2D eigenvalue weighted by Crippen LogP contribution is 2.26. The van der Waals surface area contributed by atoms with Crippen LogP contribution >= 0.6 is 12.2 Å². The van der Waals surface area contributed by atoms with E-state index in [1.807, 2.05) is 18.3 Å². The minimum atomic E-state index is -1.27. The van der Waals surface area contributed by atoms with Crippen molar-refractivity contribution in [3.05, 3.63) is 58.6 Å². The van der Waals surface area contributed by atoms with Crippen molar-refractivity contribution >= 4 is 35.2 Å². The molecule has 0 saturated carbocycles. The molecule has 0 bridgehead atoms. The Bertz CT molecular complexity index is 989. The molecule has 2 aliphatic rings. The molecule has 0 aliphatic carbocycles. The van der Waals surface area contributed by atoms with Gasteiger partial charge in [0.2, 0.25) is 0 Å². The normalized spacial score (nSPS) is 17.9. The highest BCUT2D eigenvalue weighted by Gasteiger charge is 2.29. The molecule has 170 valence electrons. The number of fused-ring (bicyclic) bond motifs is 1. The summed E-state index contributed by atoms with van der Waals surface area (Å²) in [6, 6.07) is 5.65. The van der Waals surface area contributed by atoms with Crippen molar-refractivity contribution in [3.63, 3.8) is 0 Å². The van der Waals surface area contributed by atoms with Gasteiger partial charge in [-0.05, 0) is 61.2 Å². The number of carboxylic acid groups (broad SMARTS) is 2. The number of carbonyl (C=O) groups excluding carboxylic acids is 1. The Morgan fingerprint density at radius 3 is 2.53 bits per heavy atom. The Balaban J connectivity index is 1.51. The van der Waals surface area contributed by atoms with E-state index in [2.05, 4.69) is 21.3 Å². The second-order valence-corrected chi connectivity index (χ2v) is 7.95. The third kappa shape index (κ3) is 5.76. The number of aryl methyl sites for hydroxylation is 1. The van der Waals surface area contributed by atoms with E-state index in [0.29, 0.717) is 16.5 Å². The monoisotopic (exact) mass is 459 g/mol. The number of nitrogens with one attached hydrogen (secondary N) is 4. The molecule has 11 heteroatoms. The molecule has 1 amide bonds. The largest absolute Gasteiger partial charge is 0.481 e. The molecule has 32 heavy (non-hydrogen) atoms. The summed E-state index contributed by atoms with van der Waals surface area (Å²) in [5.41, 5.74) is 9.50. The van der Waals surface area contributed by atoms with Gasteiger partial charge < -0.3 is 37.2 Å². The fourth-order valence-corrected chi connectivity index (χ4v) is 3.84. The zero-order valence-corrected chi connectivity index (χ0v) is 18.0. The molecular formula is C21H25N5O5S. The lowest BCUT2D eigenvalue weighted by Crippen LogP contribution is -2.53. The fourth-order valence-electron chi connectivity index (χ4n) is 3.61. The van der Waals surface area contributed by atoms with Gasteiger partial charge in [-0.1, -0.05) is 12.1 Å². The summed E-state index contributed by atoms with van der Waals surface area (Å²) in [6.07, 6.45) is 3.76. The number of aliphatic carboxylic acids is 2. The van der Waals surface area contributed by atoms with Crippen LogP contribution in [0.5, 0.6) is 0 Å². The van der Waals surface area contributed by atoms with Crippen LogP contribution in [0.25, 0.3) is 0 Å². The molecule has 2 atom stereocenters. The van der Waals surface area contributed by atoms with E-state index < -0.39 is 23.9 Å². The fraction of sp³-hybridized carbons (Fsp3) is 0.333. The van der Waals surface area contributed by atoms with E-state index in [1.54, 1.807) is 12.1 Å². The maximum Gasteiger partial charge on any atom is 0.326 e. The average molecular weight is 460 g/mol. The molecule has 0 aromatic heterocycles. The Morgan fingerprint density at radius 2 is 1.88 bits per heavy atom. The molecule has 1 aromatic rings. The van der Waals surface area contributed by atoms with Crippen molar-refractivity contribution in [2.45, 2.75) is 44.3 Å². The van der Waals surface area contributed by atoms with Crippen LogP contribution in [0.4, 0.5) is 0 Å². The number of hydrogen-bond donors (Lipinski definition) is 7. The second-order valence-electron chi connectivity index (χ2n) is 7.54. The van der Waals surface area contributed by atoms with E-state index in [9.17, 15) is 19.5 Å². The smallest absolute Gasteiger partial charge is 0.326 e. The predicted molar refractivity (Wildman–Crippen MR) is 120 cm³/mol. The first-order valence-electron chi connectivity index (χ1n) is 10.1. The van der Waals surface area contributed by atoms with Crippen molar-refractivity contribution in [2.75, 3.05) is 0 Å². The van der Waals surface area contributed by atoms with Crippen LogP contribution in [0, 0.1) is 0 Å². The van der Waals surface area contributed by atoms with Gasteiger partial charge >= 0.3 is 11.9 Å². The molecule has 0 radical (unpaired) electrons. The zero-order chi connectivity index (χ0) is 23.3. The highest BCUT2D eigenvalue weighted by molar-refractivity contribution is 7.80. The van der Waals surface area contributed by atoms with Gasteiger partial charge in [0.15, 0.2) is 5.11 Å². The Hall–Kier alpha value is -3.60. The summed E-state index contributed by atoms with van der Waals surface area (Å²) in [6.45, 7) is 0. The third-order valence-electron chi connectivity index (χ3n) is 5.25. The van der Waals surface area contributed by atoms with Crippen molar-refractivity contribution in [1.29, 1.82) is 0 Å². The van der Waals surface area contributed by atoms with Gasteiger partial charge in [0.1, 0.15) is 18.0 Å². The number of benzene rings is 1. The molecule has 0 spiro atoms. The number of carboxylic acids is 2. The van der Waals surface area contributed by atoms with Gasteiger partial charge in [-0.3, -0.25) is 9.59 Å². The van der Waals surface area contributed by atoms with Gasteiger partial charge in [0.05, 0.1) is 0 Å². The van der Waals surface area contributed by atoms with Gasteiger partial charge in [0, 0.05) is 23.8 Å². The minimum absolute atomic E-state index is 0.110. The van der Waals surface area contributed by atoms with Crippen molar-refractivity contribution in [2.24, 2.45) is 5.73 Å². The maximum atomic E-state index is 12.3. The van der Waals surface area contributed by atoms with Crippen LogP contribution in [-0.4, -0.2) is 45.4 Å². The first kappa shape index (κ1) is 23.1. The number of amides is 1. The third-order valence-corrected chi connectivity index (χ3v) is 5.47. The van der Waals surface area contributed by atoms with Gasteiger partial charge in [-0.15, -0.1) is 0 Å². The maximum absolute atomic E-state index is 12.3. The Kier molecular flexibility index (Phi) is 7.31. The van der Waals surface area contributed by atoms with E-state index >= 15 is 0 Å². The lowest BCUT2D eigenvalue weighted by molar-refractivity contribution is -0.140. The molecule has 0 saturated heterocycles. The summed E-state index contributed by atoms with van der Waals surface area (Å²) in [7, 11) is 0. The SMILES string of the molecule is NC1=C2C(CCCc3ccc(C(=O)N[C@@H](CCC(=O)O)C(=O)O)cc3)=CNC2NC(=S)N1. The summed E-state index contributed by atoms with van der Waals surface area (Å²) in [4.78, 5) is 34.2. The van der Waals surface area contributed by atoms with Crippen molar-refractivity contribution in [3.8, 4) is 0 Å². The van der Waals surface area contributed by atoms with E-state index in [0.717, 1.165) is 36.0 Å². The highest BCUT2D eigenvalue weighted by atomic mass is 32.1. The van der Waals surface area contributed by atoms with Crippen LogP contribution in [-0.2, 0) is 16.0 Å². The summed E-state index contributed by atoms with van der Waals surface area (Å²) >= 11 is 5.10. The lowest BCUT2D eigenvalue weighted by atomic mass is 9.98. The predicted octanol–water partition coefficient (Wildman–Crippen LogP) is 0.518. The number of rotatable bonds is 10. The number of thiocarbonyl (C=S) groups is 1. The second kappa shape index (κ2) is 10.1. The van der Waals surface area contributed by atoms with Crippen LogP contribution < -0.4 is 27.0 Å². The minimum Gasteiger partial charge on any atom is -0.481 e. The Labute approximate surface area is 189 Å². The zero-order valence-electron chi connectivity index (χ0n) is 17.2. The standard InChI is InChI=1S/C21H25N5O5S/c22-17-16-13(10-23-18(16)26-21(32)25-17)3-1-2-11-4-6-12(7-5-11)19(29)24-14(20(30)31)8-9-15(27)28/h4-7,10,14,18,23H,1-3,8-9,22H2,(H,24,29)(H,27,28)(H,30,31)(H2,25,26,32)/t14-,18?/m0/s1. The summed E-state index contributed by atoms with van der Waals surface area (Å²) in [5.74, 6) is -2.39. The van der Waals surface area contributed by atoms with Crippen LogP contribution in [0.3, 0.4) is 0 Å². The first-order valence-corrected chi connectivity index (χ1v) is 10.5. The average Bonchev–Trinajstić information content (AvgIpc) is 3.14. The van der Waals surface area contributed by atoms with Crippen molar-refractivity contribution < 1.29 is 24.6 Å². The molecule has 2 aliphatic heterocycles. The van der Waals surface area contributed by atoms with Crippen LogP contribution in [0.15, 0.2) is 47.4 Å². The molecule has 2 heterocycles. The molecule has 8 N–H and O–H groups in total. The molecule has 1 unspecified atom stereocenters. The molecular weight excluding hydrogens is 434 g/mol. The molecule has 0 fully saturated rings. The van der Waals surface area contributed by atoms with E-state index in [4.69, 9.17) is 23.1 Å². The molecule has 3 rings (SSSR count). The number of hydrogen-bond acceptors (Lipinski definition) is 6. The number of carbonyl (C=O) groups is 3.